The SMILES string of the molecule is N#C/C=C(\O)c1cccnc1. The van der Waals surface area contributed by atoms with Crippen LogP contribution >= 0.6 is 0 Å². The van der Waals surface area contributed by atoms with E-state index < -0.39 is 0 Å². The molecule has 0 spiro atoms. The quantitative estimate of drug-likeness (QED) is 0.482. The lowest BCUT2D eigenvalue weighted by atomic mass is 10.2. The summed E-state index contributed by atoms with van der Waals surface area (Å²) in [7, 11) is 0. The molecule has 3 heteroatoms. The summed E-state index contributed by atoms with van der Waals surface area (Å²) in [5.41, 5.74) is 0.550. The van der Waals surface area contributed by atoms with Gasteiger partial charge in [-0.1, -0.05) is 0 Å². The molecule has 11 heavy (non-hydrogen) atoms. The zero-order valence-corrected chi connectivity index (χ0v) is 5.73. The Bertz CT molecular complexity index is 298. The van der Waals surface area contributed by atoms with E-state index in [2.05, 4.69) is 4.98 Å². The molecule has 0 amide bonds. The maximum atomic E-state index is 9.12. The molecule has 1 aromatic rings. The molecule has 1 rings (SSSR count). The van der Waals surface area contributed by atoms with Crippen molar-refractivity contribution in [3.63, 3.8) is 0 Å². The Morgan fingerprint density at radius 3 is 3.09 bits per heavy atom. The Morgan fingerprint density at radius 1 is 1.73 bits per heavy atom. The Kier molecular flexibility index (Phi) is 2.24. The van der Waals surface area contributed by atoms with Gasteiger partial charge in [0.2, 0.25) is 0 Å². The third-order valence-corrected chi connectivity index (χ3v) is 1.16. The van der Waals surface area contributed by atoms with Crippen LogP contribution in [-0.4, -0.2) is 10.1 Å². The zero-order chi connectivity index (χ0) is 8.10. The number of aliphatic hydroxyl groups excluding tert-OH is 1. The molecular weight excluding hydrogens is 140 g/mol. The molecule has 0 saturated carbocycles. The Balaban J connectivity index is 2.96. The van der Waals surface area contributed by atoms with Gasteiger partial charge in [-0.25, -0.2) is 0 Å². The summed E-state index contributed by atoms with van der Waals surface area (Å²) < 4.78 is 0. The van der Waals surface area contributed by atoms with Crippen LogP contribution < -0.4 is 0 Å². The molecule has 1 heterocycles. The third-order valence-electron chi connectivity index (χ3n) is 1.16. The summed E-state index contributed by atoms with van der Waals surface area (Å²) in [6.07, 6.45) is 4.16. The topological polar surface area (TPSA) is 56.9 Å². The monoisotopic (exact) mass is 146 g/mol. The van der Waals surface area contributed by atoms with Crippen molar-refractivity contribution in [3.8, 4) is 6.07 Å². The Labute approximate surface area is 64.2 Å². The number of nitriles is 1. The fraction of sp³-hybridized carbons (Fsp3) is 0. The van der Waals surface area contributed by atoms with E-state index in [0.29, 0.717) is 5.56 Å². The molecule has 0 unspecified atom stereocenters. The molecule has 0 radical (unpaired) electrons. The van der Waals surface area contributed by atoms with E-state index in [4.69, 9.17) is 10.4 Å². The van der Waals surface area contributed by atoms with Crippen molar-refractivity contribution in [2.75, 3.05) is 0 Å². The van der Waals surface area contributed by atoms with Crippen molar-refractivity contribution in [2.24, 2.45) is 0 Å². The highest BCUT2D eigenvalue weighted by molar-refractivity contribution is 5.59. The second kappa shape index (κ2) is 3.37. The average molecular weight is 146 g/mol. The molecule has 0 saturated heterocycles. The second-order valence-electron chi connectivity index (χ2n) is 1.90. The summed E-state index contributed by atoms with van der Waals surface area (Å²) in [6.45, 7) is 0. The van der Waals surface area contributed by atoms with E-state index in [1.54, 1.807) is 24.4 Å². The van der Waals surface area contributed by atoms with Crippen LogP contribution in [0.4, 0.5) is 0 Å². The van der Waals surface area contributed by atoms with Crippen LogP contribution in [0.25, 0.3) is 5.76 Å². The minimum atomic E-state index is -0.0550. The van der Waals surface area contributed by atoms with E-state index >= 15 is 0 Å². The van der Waals surface area contributed by atoms with Crippen molar-refractivity contribution in [1.82, 2.24) is 4.98 Å². The van der Waals surface area contributed by atoms with Crippen LogP contribution in [0.15, 0.2) is 30.6 Å². The summed E-state index contributed by atoms with van der Waals surface area (Å²) in [6, 6.07) is 5.09. The number of hydrogen-bond acceptors (Lipinski definition) is 3. The molecule has 0 aliphatic heterocycles. The fourth-order valence-electron chi connectivity index (χ4n) is 0.659. The number of aromatic nitrogens is 1. The number of nitrogens with zero attached hydrogens (tertiary/aromatic N) is 2. The summed E-state index contributed by atoms with van der Waals surface area (Å²) >= 11 is 0. The summed E-state index contributed by atoms with van der Waals surface area (Å²) in [5.74, 6) is -0.0550. The Morgan fingerprint density at radius 2 is 2.55 bits per heavy atom. The molecular formula is C8H6N2O. The first-order valence-electron chi connectivity index (χ1n) is 3.03. The van der Waals surface area contributed by atoms with E-state index in [1.165, 1.54) is 6.20 Å². The normalized spacial score (nSPS) is 10.6. The van der Waals surface area contributed by atoms with Gasteiger partial charge in [-0.2, -0.15) is 5.26 Å². The lowest BCUT2D eigenvalue weighted by molar-refractivity contribution is 0.512. The lowest BCUT2D eigenvalue weighted by Crippen LogP contribution is -1.82. The van der Waals surface area contributed by atoms with Gasteiger partial charge >= 0.3 is 0 Å². The van der Waals surface area contributed by atoms with Gasteiger partial charge in [-0.05, 0) is 12.1 Å². The van der Waals surface area contributed by atoms with E-state index in [0.717, 1.165) is 6.08 Å². The van der Waals surface area contributed by atoms with Gasteiger partial charge in [-0.3, -0.25) is 4.98 Å². The molecule has 1 N–H and O–H groups in total. The fourth-order valence-corrected chi connectivity index (χ4v) is 0.659. The van der Waals surface area contributed by atoms with Gasteiger partial charge in [0.15, 0.2) is 0 Å². The molecule has 0 fully saturated rings. The first kappa shape index (κ1) is 7.29. The second-order valence-corrected chi connectivity index (χ2v) is 1.90. The van der Waals surface area contributed by atoms with Gasteiger partial charge in [0, 0.05) is 18.0 Å². The zero-order valence-electron chi connectivity index (χ0n) is 5.73. The third kappa shape index (κ3) is 1.80. The van der Waals surface area contributed by atoms with Crippen LogP contribution in [0.2, 0.25) is 0 Å². The van der Waals surface area contributed by atoms with Gasteiger partial charge in [0.1, 0.15) is 5.76 Å². The van der Waals surface area contributed by atoms with Crippen molar-refractivity contribution in [3.05, 3.63) is 36.2 Å². The standard InChI is InChI=1S/C8H6N2O/c9-4-3-8(11)7-2-1-5-10-6-7/h1-3,5-6,11H/b8-3-. The lowest BCUT2D eigenvalue weighted by Gasteiger charge is -1.94. The average Bonchev–Trinajstić information content (AvgIpc) is 2.07. The van der Waals surface area contributed by atoms with Crippen LogP contribution in [0.1, 0.15) is 5.56 Å². The first-order chi connectivity index (χ1) is 5.34. The van der Waals surface area contributed by atoms with Gasteiger partial charge < -0.3 is 5.11 Å². The van der Waals surface area contributed by atoms with E-state index in [9.17, 15) is 0 Å². The first-order valence-corrected chi connectivity index (χ1v) is 3.03. The van der Waals surface area contributed by atoms with Crippen LogP contribution in [0.3, 0.4) is 0 Å². The molecule has 0 atom stereocenters. The predicted octanol–water partition coefficient (Wildman–Crippen LogP) is 1.50. The van der Waals surface area contributed by atoms with Crippen molar-refractivity contribution < 1.29 is 5.11 Å². The highest BCUT2D eigenvalue weighted by Crippen LogP contribution is 2.07. The summed E-state index contributed by atoms with van der Waals surface area (Å²) in [5, 5.41) is 17.3. The minimum absolute atomic E-state index is 0.0550. The Hall–Kier alpha value is -1.82. The highest BCUT2D eigenvalue weighted by atomic mass is 16.3. The molecule has 0 bridgehead atoms. The molecule has 3 nitrogen and oxygen atoms in total. The van der Waals surface area contributed by atoms with Crippen LogP contribution in [0.5, 0.6) is 0 Å². The highest BCUT2D eigenvalue weighted by Gasteiger charge is 1.94. The van der Waals surface area contributed by atoms with Crippen molar-refractivity contribution in [1.29, 1.82) is 5.26 Å². The molecule has 0 aliphatic rings. The van der Waals surface area contributed by atoms with Gasteiger partial charge in [0.25, 0.3) is 0 Å². The minimum Gasteiger partial charge on any atom is -0.507 e. The maximum absolute atomic E-state index is 9.12. The van der Waals surface area contributed by atoms with Gasteiger partial charge in [0.05, 0.1) is 12.1 Å². The molecule has 0 aliphatic carbocycles. The van der Waals surface area contributed by atoms with Crippen LogP contribution in [-0.2, 0) is 0 Å². The van der Waals surface area contributed by atoms with Gasteiger partial charge in [-0.15, -0.1) is 0 Å². The maximum Gasteiger partial charge on any atom is 0.134 e. The molecule has 54 valence electrons. The van der Waals surface area contributed by atoms with E-state index in [1.807, 2.05) is 0 Å². The number of pyridine rings is 1. The number of aliphatic hydroxyl groups is 1. The summed E-state index contributed by atoms with van der Waals surface area (Å²) in [4.78, 5) is 3.78. The molecule has 1 aromatic heterocycles. The number of allylic oxidation sites excluding steroid dienone is 1. The number of hydrogen-bond donors (Lipinski definition) is 1. The van der Waals surface area contributed by atoms with Crippen molar-refractivity contribution >= 4 is 5.76 Å². The van der Waals surface area contributed by atoms with Crippen molar-refractivity contribution in [2.45, 2.75) is 0 Å². The number of rotatable bonds is 1. The smallest absolute Gasteiger partial charge is 0.134 e. The molecule has 0 aromatic carbocycles. The predicted molar refractivity (Wildman–Crippen MR) is 40.5 cm³/mol. The van der Waals surface area contributed by atoms with Crippen LogP contribution in [0, 0.1) is 11.3 Å². The van der Waals surface area contributed by atoms with E-state index in [-0.39, 0.29) is 5.76 Å². The largest absolute Gasteiger partial charge is 0.507 e.